The van der Waals surface area contributed by atoms with Crippen LogP contribution in [0.4, 0.5) is 4.39 Å². The number of hydrogen-bond donors (Lipinski definition) is 0. The quantitative estimate of drug-likeness (QED) is 0.870. The van der Waals surface area contributed by atoms with E-state index >= 15 is 0 Å². The van der Waals surface area contributed by atoms with Crippen molar-refractivity contribution in [3.05, 3.63) is 53.9 Å². The summed E-state index contributed by atoms with van der Waals surface area (Å²) in [5.41, 5.74) is 1.11. The fourth-order valence-corrected chi connectivity index (χ4v) is 3.04. The van der Waals surface area contributed by atoms with E-state index in [0.29, 0.717) is 19.0 Å². The average Bonchev–Trinajstić information content (AvgIpc) is 3.16. The van der Waals surface area contributed by atoms with Crippen LogP contribution >= 0.6 is 0 Å². The van der Waals surface area contributed by atoms with Crippen LogP contribution in [0.2, 0.25) is 0 Å². The van der Waals surface area contributed by atoms with Gasteiger partial charge in [-0.1, -0.05) is 19.1 Å². The Bertz CT molecular complexity index is 650. The van der Waals surface area contributed by atoms with Gasteiger partial charge in [0.25, 0.3) is 0 Å². The second-order valence-corrected chi connectivity index (χ2v) is 5.70. The number of aryl methyl sites for hydroxylation is 1. The molecular weight excluding hydrogens is 281 g/mol. The normalized spacial score (nSPS) is 17.9. The Hall–Kier alpha value is -2.17. The van der Waals surface area contributed by atoms with Crippen molar-refractivity contribution in [2.75, 3.05) is 13.1 Å². The Morgan fingerprint density at radius 1 is 1.36 bits per heavy atom. The van der Waals surface area contributed by atoms with Gasteiger partial charge in [-0.25, -0.2) is 9.37 Å². The summed E-state index contributed by atoms with van der Waals surface area (Å²) in [5, 5.41) is 0. The van der Waals surface area contributed by atoms with Crippen LogP contribution in [0.1, 0.15) is 30.7 Å². The summed E-state index contributed by atoms with van der Waals surface area (Å²) in [4.78, 5) is 18.6. The number of nitrogens with zero attached hydrogens (tertiary/aromatic N) is 3. The molecular formula is C17H20FN3O. The molecule has 1 atom stereocenters. The van der Waals surface area contributed by atoms with Crippen molar-refractivity contribution >= 4 is 5.91 Å². The minimum atomic E-state index is -0.220. The Morgan fingerprint density at radius 3 is 2.86 bits per heavy atom. The molecule has 3 rings (SSSR count). The van der Waals surface area contributed by atoms with Crippen molar-refractivity contribution in [2.45, 2.75) is 32.2 Å². The first-order valence-corrected chi connectivity index (χ1v) is 7.70. The van der Waals surface area contributed by atoms with Crippen molar-refractivity contribution < 1.29 is 9.18 Å². The summed E-state index contributed by atoms with van der Waals surface area (Å²) >= 11 is 0. The fourth-order valence-electron chi connectivity index (χ4n) is 3.04. The van der Waals surface area contributed by atoms with Gasteiger partial charge in [0, 0.05) is 37.8 Å². The summed E-state index contributed by atoms with van der Waals surface area (Å²) in [6.45, 7) is 3.85. The van der Waals surface area contributed by atoms with Crippen molar-refractivity contribution in [3.8, 4) is 0 Å². The smallest absolute Gasteiger partial charge is 0.242 e. The highest BCUT2D eigenvalue weighted by Crippen LogP contribution is 2.27. The third-order valence-electron chi connectivity index (χ3n) is 4.31. The highest BCUT2D eigenvalue weighted by atomic mass is 19.1. The predicted molar refractivity (Wildman–Crippen MR) is 81.9 cm³/mol. The zero-order chi connectivity index (χ0) is 15.5. The Balaban J connectivity index is 1.62. The molecule has 0 aliphatic carbocycles. The van der Waals surface area contributed by atoms with E-state index < -0.39 is 0 Å². The van der Waals surface area contributed by atoms with Crippen LogP contribution < -0.4 is 0 Å². The molecule has 0 saturated carbocycles. The van der Waals surface area contributed by atoms with Gasteiger partial charge in [-0.3, -0.25) is 4.79 Å². The number of halogens is 1. The number of rotatable bonds is 4. The van der Waals surface area contributed by atoms with Crippen LogP contribution in [-0.2, 0) is 17.8 Å². The maximum atomic E-state index is 13.0. The average molecular weight is 301 g/mol. The van der Waals surface area contributed by atoms with Crippen LogP contribution in [0.25, 0.3) is 0 Å². The third-order valence-corrected chi connectivity index (χ3v) is 4.31. The van der Waals surface area contributed by atoms with Crippen molar-refractivity contribution in [3.63, 3.8) is 0 Å². The summed E-state index contributed by atoms with van der Waals surface area (Å²) in [6.07, 6.45) is 5.34. The van der Waals surface area contributed by atoms with Crippen LogP contribution in [0.3, 0.4) is 0 Å². The molecule has 4 nitrogen and oxygen atoms in total. The monoisotopic (exact) mass is 301 g/mol. The molecule has 5 heteroatoms. The molecule has 1 aromatic carbocycles. The zero-order valence-corrected chi connectivity index (χ0v) is 12.7. The largest absolute Gasteiger partial charge is 0.341 e. The minimum Gasteiger partial charge on any atom is -0.341 e. The number of likely N-dealkylation sites (tertiary alicyclic amines) is 1. The van der Waals surface area contributed by atoms with Crippen molar-refractivity contribution in [1.82, 2.24) is 14.5 Å². The topological polar surface area (TPSA) is 38.1 Å². The fraction of sp³-hybridized carbons (Fsp3) is 0.412. The second kappa shape index (κ2) is 6.30. The van der Waals surface area contributed by atoms with Gasteiger partial charge >= 0.3 is 0 Å². The second-order valence-electron chi connectivity index (χ2n) is 5.70. The van der Waals surface area contributed by atoms with E-state index in [9.17, 15) is 9.18 Å². The Labute approximate surface area is 129 Å². The summed E-state index contributed by atoms with van der Waals surface area (Å²) in [5.74, 6) is 1.14. The highest BCUT2D eigenvalue weighted by molar-refractivity contribution is 5.76. The molecule has 0 bridgehead atoms. The van der Waals surface area contributed by atoms with Gasteiger partial charge in [-0.15, -0.1) is 0 Å². The zero-order valence-electron chi connectivity index (χ0n) is 12.7. The number of aromatic nitrogens is 2. The molecule has 2 heterocycles. The van der Waals surface area contributed by atoms with Gasteiger partial charge < -0.3 is 9.47 Å². The van der Waals surface area contributed by atoms with Gasteiger partial charge in [-0.05, 0) is 24.1 Å². The van der Waals surface area contributed by atoms with Crippen molar-refractivity contribution in [2.24, 2.45) is 0 Å². The van der Waals surface area contributed by atoms with Gasteiger partial charge in [0.2, 0.25) is 5.91 Å². The molecule has 0 spiro atoms. The lowest BCUT2D eigenvalue weighted by Crippen LogP contribution is -2.32. The number of carbonyl (C=O) groups is 1. The van der Waals surface area contributed by atoms with E-state index in [2.05, 4.69) is 4.98 Å². The molecule has 116 valence electrons. The van der Waals surface area contributed by atoms with Crippen LogP contribution in [-0.4, -0.2) is 33.4 Å². The number of benzene rings is 1. The van der Waals surface area contributed by atoms with E-state index in [-0.39, 0.29) is 11.7 Å². The first kappa shape index (κ1) is 14.8. The predicted octanol–water partition coefficient (Wildman–Crippen LogP) is 2.60. The van der Waals surface area contributed by atoms with Crippen LogP contribution in [0, 0.1) is 5.82 Å². The number of imidazole rings is 1. The molecule has 1 amide bonds. The standard InChI is InChI=1S/C17H20FN3O/c1-2-16-19-8-10-20(16)12-17(22)21-9-7-14(11-21)13-3-5-15(18)6-4-13/h3-6,8,10,14H,2,7,9,11-12H2,1H3/t14-/m1/s1. The molecule has 0 N–H and O–H groups in total. The highest BCUT2D eigenvalue weighted by Gasteiger charge is 2.27. The molecule has 1 fully saturated rings. The summed E-state index contributed by atoms with van der Waals surface area (Å²) in [7, 11) is 0. The van der Waals surface area contributed by atoms with Gasteiger partial charge in [-0.2, -0.15) is 0 Å². The Morgan fingerprint density at radius 2 is 2.14 bits per heavy atom. The summed E-state index contributed by atoms with van der Waals surface area (Å²) < 4.78 is 14.9. The molecule has 0 unspecified atom stereocenters. The Kier molecular flexibility index (Phi) is 4.22. The van der Waals surface area contributed by atoms with Crippen molar-refractivity contribution in [1.29, 1.82) is 0 Å². The maximum absolute atomic E-state index is 13.0. The van der Waals surface area contributed by atoms with Gasteiger partial charge in [0.15, 0.2) is 0 Å². The number of amides is 1. The van der Waals surface area contributed by atoms with E-state index in [1.807, 2.05) is 34.7 Å². The van der Waals surface area contributed by atoms with E-state index in [4.69, 9.17) is 0 Å². The SMILES string of the molecule is CCc1nccn1CC(=O)N1CC[C@@H](c2ccc(F)cc2)C1. The lowest BCUT2D eigenvalue weighted by molar-refractivity contribution is -0.130. The van der Waals surface area contributed by atoms with E-state index in [0.717, 1.165) is 30.8 Å². The third kappa shape index (κ3) is 3.03. The van der Waals surface area contributed by atoms with E-state index in [1.54, 1.807) is 6.20 Å². The minimum absolute atomic E-state index is 0.123. The van der Waals surface area contributed by atoms with Gasteiger partial charge in [0.1, 0.15) is 18.2 Å². The van der Waals surface area contributed by atoms with Gasteiger partial charge in [0.05, 0.1) is 0 Å². The molecule has 0 radical (unpaired) electrons. The number of carbonyl (C=O) groups excluding carboxylic acids is 1. The lowest BCUT2D eigenvalue weighted by atomic mass is 9.99. The van der Waals surface area contributed by atoms with E-state index in [1.165, 1.54) is 12.1 Å². The first-order chi connectivity index (χ1) is 10.7. The lowest BCUT2D eigenvalue weighted by Gasteiger charge is -2.17. The molecule has 1 saturated heterocycles. The number of hydrogen-bond acceptors (Lipinski definition) is 2. The maximum Gasteiger partial charge on any atom is 0.242 e. The first-order valence-electron chi connectivity index (χ1n) is 7.70. The molecule has 1 aliphatic heterocycles. The van der Waals surface area contributed by atoms with Crippen LogP contribution in [0.15, 0.2) is 36.7 Å². The van der Waals surface area contributed by atoms with Crippen LogP contribution in [0.5, 0.6) is 0 Å². The summed E-state index contributed by atoms with van der Waals surface area (Å²) in [6, 6.07) is 6.61. The molecule has 2 aromatic rings. The molecule has 22 heavy (non-hydrogen) atoms. The molecule has 1 aromatic heterocycles. The molecule has 1 aliphatic rings.